The molecule has 2 atom stereocenters. The van der Waals surface area contributed by atoms with E-state index >= 15 is 0 Å². The molecular formula is C10H20ClNO. The number of rotatable bonds is 5. The molecule has 0 aliphatic heterocycles. The minimum Gasteiger partial charge on any atom is -0.345 e. The Bertz CT molecular complexity index is 161. The van der Waals surface area contributed by atoms with Crippen molar-refractivity contribution in [3.05, 3.63) is 0 Å². The van der Waals surface area contributed by atoms with Gasteiger partial charge in [0.05, 0.1) is 0 Å². The first-order valence-electron chi connectivity index (χ1n) is 4.83. The van der Waals surface area contributed by atoms with Crippen molar-refractivity contribution >= 4 is 17.5 Å². The third kappa shape index (κ3) is 4.51. The van der Waals surface area contributed by atoms with Gasteiger partial charge in [0.25, 0.3) is 0 Å². The van der Waals surface area contributed by atoms with Gasteiger partial charge in [0.2, 0.25) is 5.91 Å². The van der Waals surface area contributed by atoms with Crippen LogP contribution in [0.4, 0.5) is 0 Å². The SMILES string of the molecule is CCC(C)CN(C)C(=O)C(C)CCl. The molecule has 3 heteroatoms. The van der Waals surface area contributed by atoms with E-state index in [-0.39, 0.29) is 11.8 Å². The van der Waals surface area contributed by atoms with E-state index < -0.39 is 0 Å². The Morgan fingerprint density at radius 2 is 2.00 bits per heavy atom. The van der Waals surface area contributed by atoms with Gasteiger partial charge in [0, 0.05) is 25.4 Å². The Morgan fingerprint density at radius 3 is 2.38 bits per heavy atom. The minimum absolute atomic E-state index is 0.0595. The second kappa shape index (κ2) is 6.25. The molecule has 2 nitrogen and oxygen atoms in total. The van der Waals surface area contributed by atoms with Crippen LogP contribution in [-0.2, 0) is 4.79 Å². The van der Waals surface area contributed by atoms with Crippen molar-refractivity contribution in [3.8, 4) is 0 Å². The van der Waals surface area contributed by atoms with Crippen molar-refractivity contribution in [2.75, 3.05) is 19.5 Å². The minimum atomic E-state index is -0.0595. The number of alkyl halides is 1. The topological polar surface area (TPSA) is 20.3 Å². The average Bonchev–Trinajstić information content (AvgIpc) is 2.14. The van der Waals surface area contributed by atoms with Crippen molar-refractivity contribution in [2.24, 2.45) is 11.8 Å². The van der Waals surface area contributed by atoms with Crippen LogP contribution in [0.15, 0.2) is 0 Å². The fourth-order valence-corrected chi connectivity index (χ4v) is 1.26. The fourth-order valence-electron chi connectivity index (χ4n) is 1.13. The van der Waals surface area contributed by atoms with Gasteiger partial charge in [-0.15, -0.1) is 11.6 Å². The summed E-state index contributed by atoms with van der Waals surface area (Å²) in [6, 6.07) is 0. The number of halogens is 1. The van der Waals surface area contributed by atoms with Crippen LogP contribution in [0, 0.1) is 11.8 Å². The summed E-state index contributed by atoms with van der Waals surface area (Å²) in [5.41, 5.74) is 0. The molecule has 0 fully saturated rings. The molecule has 0 bridgehead atoms. The highest BCUT2D eigenvalue weighted by Gasteiger charge is 2.17. The Hall–Kier alpha value is -0.240. The van der Waals surface area contributed by atoms with Crippen LogP contribution < -0.4 is 0 Å². The normalized spacial score (nSPS) is 15.2. The molecule has 0 aromatic rings. The lowest BCUT2D eigenvalue weighted by atomic mass is 10.1. The lowest BCUT2D eigenvalue weighted by Gasteiger charge is -2.23. The zero-order valence-electron chi connectivity index (χ0n) is 9.01. The summed E-state index contributed by atoms with van der Waals surface area (Å²) in [6.45, 7) is 6.97. The van der Waals surface area contributed by atoms with Gasteiger partial charge >= 0.3 is 0 Å². The summed E-state index contributed by atoms with van der Waals surface area (Å²) in [5, 5.41) is 0. The molecule has 13 heavy (non-hydrogen) atoms. The molecule has 0 heterocycles. The van der Waals surface area contributed by atoms with Crippen LogP contribution in [0.2, 0.25) is 0 Å². The maximum Gasteiger partial charge on any atom is 0.226 e. The average molecular weight is 206 g/mol. The molecule has 0 aliphatic rings. The third-order valence-corrected chi connectivity index (χ3v) is 2.77. The van der Waals surface area contributed by atoms with E-state index in [2.05, 4.69) is 13.8 Å². The van der Waals surface area contributed by atoms with Crippen molar-refractivity contribution in [1.29, 1.82) is 0 Å². The smallest absolute Gasteiger partial charge is 0.226 e. The molecule has 0 spiro atoms. The number of hydrogen-bond acceptors (Lipinski definition) is 1. The third-order valence-electron chi connectivity index (χ3n) is 2.31. The van der Waals surface area contributed by atoms with Gasteiger partial charge in [-0.2, -0.15) is 0 Å². The van der Waals surface area contributed by atoms with Crippen molar-refractivity contribution in [1.82, 2.24) is 4.90 Å². The van der Waals surface area contributed by atoms with Gasteiger partial charge in [-0.1, -0.05) is 27.2 Å². The quantitative estimate of drug-likeness (QED) is 0.632. The van der Waals surface area contributed by atoms with Gasteiger partial charge in [0.15, 0.2) is 0 Å². The Labute approximate surface area is 86.2 Å². The predicted octanol–water partition coefficient (Wildman–Crippen LogP) is 2.37. The van der Waals surface area contributed by atoms with Crippen molar-refractivity contribution in [3.63, 3.8) is 0 Å². The number of nitrogens with zero attached hydrogens (tertiary/aromatic N) is 1. The first-order chi connectivity index (χ1) is 6.02. The molecule has 0 aromatic carbocycles. The zero-order valence-corrected chi connectivity index (χ0v) is 9.77. The number of carbonyl (C=O) groups is 1. The van der Waals surface area contributed by atoms with E-state index in [1.165, 1.54) is 0 Å². The highest BCUT2D eigenvalue weighted by molar-refractivity contribution is 6.19. The molecule has 0 radical (unpaired) electrons. The lowest BCUT2D eigenvalue weighted by molar-refractivity contribution is -0.133. The van der Waals surface area contributed by atoms with Crippen molar-refractivity contribution < 1.29 is 4.79 Å². The van der Waals surface area contributed by atoms with E-state index in [1.54, 1.807) is 4.90 Å². The predicted molar refractivity (Wildman–Crippen MR) is 57.0 cm³/mol. The zero-order chi connectivity index (χ0) is 10.4. The molecule has 0 rings (SSSR count). The molecular weight excluding hydrogens is 186 g/mol. The molecule has 0 saturated heterocycles. The summed E-state index contributed by atoms with van der Waals surface area (Å²) in [4.78, 5) is 13.3. The Balaban J connectivity index is 3.95. The van der Waals surface area contributed by atoms with Crippen LogP contribution in [0.5, 0.6) is 0 Å². The Kier molecular flexibility index (Phi) is 6.13. The van der Waals surface area contributed by atoms with Gasteiger partial charge in [-0.05, 0) is 5.92 Å². The molecule has 78 valence electrons. The van der Waals surface area contributed by atoms with Crippen LogP contribution in [0.1, 0.15) is 27.2 Å². The fraction of sp³-hybridized carbons (Fsp3) is 0.900. The summed E-state index contributed by atoms with van der Waals surface area (Å²) in [5.74, 6) is 1.06. The van der Waals surface area contributed by atoms with Crippen LogP contribution in [0.3, 0.4) is 0 Å². The van der Waals surface area contributed by atoms with E-state index in [0.29, 0.717) is 11.8 Å². The second-order valence-corrected chi connectivity index (χ2v) is 4.10. The van der Waals surface area contributed by atoms with E-state index in [1.807, 2.05) is 14.0 Å². The van der Waals surface area contributed by atoms with Gasteiger partial charge in [0.1, 0.15) is 0 Å². The largest absolute Gasteiger partial charge is 0.345 e. The number of amides is 1. The summed E-state index contributed by atoms with van der Waals surface area (Å²) in [7, 11) is 1.84. The van der Waals surface area contributed by atoms with Gasteiger partial charge < -0.3 is 4.90 Å². The molecule has 0 aliphatic carbocycles. The monoisotopic (exact) mass is 205 g/mol. The first kappa shape index (κ1) is 12.8. The van der Waals surface area contributed by atoms with E-state index in [9.17, 15) is 4.79 Å². The van der Waals surface area contributed by atoms with Crippen LogP contribution >= 0.6 is 11.6 Å². The maximum absolute atomic E-state index is 11.6. The van der Waals surface area contributed by atoms with Gasteiger partial charge in [-0.25, -0.2) is 0 Å². The highest BCUT2D eigenvalue weighted by atomic mass is 35.5. The van der Waals surface area contributed by atoms with E-state index in [0.717, 1.165) is 13.0 Å². The lowest BCUT2D eigenvalue weighted by Crippen LogP contribution is -2.35. The van der Waals surface area contributed by atoms with Crippen molar-refractivity contribution in [2.45, 2.75) is 27.2 Å². The molecule has 0 saturated carbocycles. The standard InChI is InChI=1S/C10H20ClNO/c1-5-8(2)7-12(4)10(13)9(3)6-11/h8-9H,5-7H2,1-4H3. The van der Waals surface area contributed by atoms with Crippen LogP contribution in [0.25, 0.3) is 0 Å². The summed E-state index contributed by atoms with van der Waals surface area (Å²) in [6.07, 6.45) is 1.10. The number of hydrogen-bond donors (Lipinski definition) is 0. The van der Waals surface area contributed by atoms with E-state index in [4.69, 9.17) is 11.6 Å². The molecule has 1 amide bonds. The summed E-state index contributed by atoms with van der Waals surface area (Å²) < 4.78 is 0. The molecule has 0 N–H and O–H groups in total. The summed E-state index contributed by atoms with van der Waals surface area (Å²) >= 11 is 5.61. The first-order valence-corrected chi connectivity index (χ1v) is 5.37. The number of carbonyl (C=O) groups excluding carboxylic acids is 1. The molecule has 2 unspecified atom stereocenters. The highest BCUT2D eigenvalue weighted by Crippen LogP contribution is 2.07. The Morgan fingerprint density at radius 1 is 1.46 bits per heavy atom. The molecule has 0 aromatic heterocycles. The maximum atomic E-state index is 11.6. The van der Waals surface area contributed by atoms with Crippen LogP contribution in [-0.4, -0.2) is 30.3 Å². The van der Waals surface area contributed by atoms with Gasteiger partial charge in [-0.3, -0.25) is 4.79 Å². The second-order valence-electron chi connectivity index (χ2n) is 3.79.